The predicted octanol–water partition coefficient (Wildman–Crippen LogP) is 2.05. The zero-order chi connectivity index (χ0) is 19.4. The van der Waals surface area contributed by atoms with E-state index in [1.54, 1.807) is 6.33 Å². The van der Waals surface area contributed by atoms with Crippen molar-refractivity contribution >= 4 is 24.1 Å². The molecule has 4 heterocycles. The van der Waals surface area contributed by atoms with Crippen molar-refractivity contribution in [3.8, 4) is 0 Å². The van der Waals surface area contributed by atoms with E-state index in [1.165, 1.54) is 16.7 Å². The molecule has 5 rings (SSSR count). The first-order chi connectivity index (χ1) is 13.5. The summed E-state index contributed by atoms with van der Waals surface area (Å²) in [5.74, 6) is 0.771. The number of hydrogen-bond acceptors (Lipinski definition) is 7. The summed E-state index contributed by atoms with van der Waals surface area (Å²) in [5, 5.41) is 13.4. The molecule has 0 aromatic carbocycles. The van der Waals surface area contributed by atoms with Crippen molar-refractivity contribution < 1.29 is 9.47 Å². The summed E-state index contributed by atoms with van der Waals surface area (Å²) in [7, 11) is 0. The second-order valence-electron chi connectivity index (χ2n) is 8.36. The molecule has 10 heteroatoms. The molecular formula is C18H27N6O2PS. The molecule has 0 spiro atoms. The third kappa shape index (κ3) is 2.95. The van der Waals surface area contributed by atoms with Crippen LogP contribution in [0.25, 0.3) is 0 Å². The Balaban J connectivity index is 1.67. The Morgan fingerprint density at radius 3 is 2.50 bits per heavy atom. The Morgan fingerprint density at radius 1 is 1.11 bits per heavy atom. The molecule has 1 aromatic rings. The molecule has 2 fully saturated rings. The number of hydrogen-bond donors (Lipinski definition) is 1. The lowest BCUT2D eigenvalue weighted by Gasteiger charge is -2.48. The van der Waals surface area contributed by atoms with Crippen LogP contribution in [0.2, 0.25) is 0 Å². The fourth-order valence-electron chi connectivity index (χ4n) is 4.51. The zero-order valence-electron chi connectivity index (χ0n) is 16.4. The van der Waals surface area contributed by atoms with Crippen LogP contribution in [0.1, 0.15) is 20.3 Å². The number of nitrogens with zero attached hydrogens (tertiary/aromatic N) is 5. The first kappa shape index (κ1) is 18.8. The van der Waals surface area contributed by atoms with Gasteiger partial charge in [-0.2, -0.15) is 0 Å². The van der Waals surface area contributed by atoms with E-state index < -0.39 is 6.34 Å². The van der Waals surface area contributed by atoms with Crippen molar-refractivity contribution in [2.24, 2.45) is 5.41 Å². The highest BCUT2D eigenvalue weighted by atomic mass is 32.4. The van der Waals surface area contributed by atoms with Crippen LogP contribution < -0.4 is 5.32 Å². The number of rotatable bonds is 2. The molecule has 1 atom stereocenters. The van der Waals surface area contributed by atoms with Crippen molar-refractivity contribution in [2.45, 2.75) is 20.3 Å². The van der Waals surface area contributed by atoms with Crippen LogP contribution in [-0.2, 0) is 21.3 Å². The SMILES string of the molecule is CC1(C)C=C(N2CCOCC2)C2=C(C1)Nc1nncn1[P@@]2(=S)N1CCOCC1. The Kier molecular flexibility index (Phi) is 4.63. The number of allylic oxidation sites excluding steroid dienone is 3. The summed E-state index contributed by atoms with van der Waals surface area (Å²) in [6.45, 7) is 11.0. The van der Waals surface area contributed by atoms with Crippen LogP contribution in [0.3, 0.4) is 0 Å². The predicted molar refractivity (Wildman–Crippen MR) is 112 cm³/mol. The van der Waals surface area contributed by atoms with E-state index >= 15 is 0 Å². The highest BCUT2D eigenvalue weighted by molar-refractivity contribution is 8.14. The molecular weight excluding hydrogens is 395 g/mol. The number of anilines is 1. The average Bonchev–Trinajstić information content (AvgIpc) is 3.17. The van der Waals surface area contributed by atoms with E-state index in [4.69, 9.17) is 21.3 Å². The molecule has 2 saturated heterocycles. The van der Waals surface area contributed by atoms with Gasteiger partial charge in [0, 0.05) is 37.6 Å². The Morgan fingerprint density at radius 2 is 1.79 bits per heavy atom. The Bertz CT molecular complexity index is 882. The van der Waals surface area contributed by atoms with Gasteiger partial charge in [-0.05, 0) is 11.8 Å². The van der Waals surface area contributed by atoms with E-state index in [0.29, 0.717) is 13.2 Å². The third-order valence-corrected chi connectivity index (χ3v) is 10.7. The maximum atomic E-state index is 6.57. The molecule has 0 radical (unpaired) electrons. The Hall–Kier alpha value is -1.25. The van der Waals surface area contributed by atoms with Gasteiger partial charge in [-0.15, -0.1) is 10.2 Å². The maximum absolute atomic E-state index is 6.57. The molecule has 8 nitrogen and oxygen atoms in total. The fourth-order valence-corrected chi connectivity index (χ4v) is 8.97. The number of fused-ring (bicyclic) bond motifs is 1. The lowest BCUT2D eigenvalue weighted by Crippen LogP contribution is -2.42. The second-order valence-corrected chi connectivity index (χ2v) is 12.4. The highest BCUT2D eigenvalue weighted by Gasteiger charge is 2.45. The van der Waals surface area contributed by atoms with Crippen LogP contribution in [0.15, 0.2) is 29.1 Å². The molecule has 28 heavy (non-hydrogen) atoms. The molecule has 1 aromatic heterocycles. The van der Waals surface area contributed by atoms with Gasteiger partial charge >= 0.3 is 0 Å². The molecule has 0 unspecified atom stereocenters. The van der Waals surface area contributed by atoms with E-state index in [0.717, 1.165) is 51.8 Å². The van der Waals surface area contributed by atoms with Crippen LogP contribution in [0, 0.1) is 5.41 Å². The molecule has 3 aliphatic heterocycles. The first-order valence-corrected chi connectivity index (χ1v) is 12.6. The summed E-state index contributed by atoms with van der Waals surface area (Å²) >= 11 is 6.57. The van der Waals surface area contributed by atoms with Crippen molar-refractivity contribution in [2.75, 3.05) is 57.9 Å². The molecule has 152 valence electrons. The van der Waals surface area contributed by atoms with E-state index in [9.17, 15) is 0 Å². The second kappa shape index (κ2) is 6.92. The van der Waals surface area contributed by atoms with Gasteiger partial charge in [0.2, 0.25) is 5.95 Å². The summed E-state index contributed by atoms with van der Waals surface area (Å²) in [6, 6.07) is 0. The van der Waals surface area contributed by atoms with Crippen LogP contribution in [0.5, 0.6) is 0 Å². The topological polar surface area (TPSA) is 67.7 Å². The standard InChI is InChI=1S/C18H27N6O2PS/c1-18(2)11-14-16(15(12-18)22-3-7-25-8-4-22)27(28,23-5-9-26-10-6-23)24-13-19-21-17(24)20-14/h12-13H,3-11H2,1-2H3,(H,20,21)/t27-/m0/s1. The monoisotopic (exact) mass is 422 g/mol. The minimum atomic E-state index is -2.30. The minimum Gasteiger partial charge on any atom is -0.379 e. The smallest absolute Gasteiger partial charge is 0.233 e. The van der Waals surface area contributed by atoms with Gasteiger partial charge in [-0.25, -0.2) is 0 Å². The van der Waals surface area contributed by atoms with Gasteiger partial charge in [0.1, 0.15) is 12.7 Å². The van der Waals surface area contributed by atoms with Crippen LogP contribution in [-0.4, -0.2) is 76.7 Å². The van der Waals surface area contributed by atoms with Crippen molar-refractivity contribution in [1.82, 2.24) is 24.1 Å². The summed E-state index contributed by atoms with van der Waals surface area (Å²) < 4.78 is 15.8. The van der Waals surface area contributed by atoms with Crippen molar-refractivity contribution in [1.29, 1.82) is 0 Å². The largest absolute Gasteiger partial charge is 0.379 e. The van der Waals surface area contributed by atoms with Gasteiger partial charge in [0.05, 0.1) is 31.7 Å². The number of aromatic nitrogens is 3. The van der Waals surface area contributed by atoms with Crippen molar-refractivity contribution in [3.63, 3.8) is 0 Å². The fraction of sp³-hybridized carbons (Fsp3) is 0.667. The van der Waals surface area contributed by atoms with Crippen LogP contribution in [0.4, 0.5) is 5.95 Å². The van der Waals surface area contributed by atoms with Crippen LogP contribution >= 0.6 is 6.34 Å². The molecule has 0 bridgehead atoms. The quantitative estimate of drug-likeness (QED) is 0.727. The highest BCUT2D eigenvalue weighted by Crippen LogP contribution is 2.67. The van der Waals surface area contributed by atoms with Crippen molar-refractivity contribution in [3.05, 3.63) is 29.1 Å². The number of morpholine rings is 2. The molecule has 0 amide bonds. The number of ether oxygens (including phenoxy) is 2. The van der Waals surface area contributed by atoms with Gasteiger partial charge in [0.25, 0.3) is 0 Å². The summed E-state index contributed by atoms with van der Waals surface area (Å²) in [4.78, 5) is 2.46. The van der Waals surface area contributed by atoms with Gasteiger partial charge in [-0.1, -0.05) is 31.7 Å². The lowest BCUT2D eigenvalue weighted by atomic mass is 9.82. The lowest BCUT2D eigenvalue weighted by molar-refractivity contribution is 0.0539. The van der Waals surface area contributed by atoms with E-state index in [-0.39, 0.29) is 5.41 Å². The molecule has 0 saturated carbocycles. The molecule has 4 aliphatic rings. The average molecular weight is 422 g/mol. The van der Waals surface area contributed by atoms with E-state index in [2.05, 4.69) is 49.3 Å². The van der Waals surface area contributed by atoms with Gasteiger partial charge in [-0.3, -0.25) is 9.01 Å². The summed E-state index contributed by atoms with van der Waals surface area (Å²) in [5.41, 5.74) is 2.54. The normalized spacial score (nSPS) is 30.4. The zero-order valence-corrected chi connectivity index (χ0v) is 18.1. The molecule has 1 aliphatic carbocycles. The van der Waals surface area contributed by atoms with Gasteiger partial charge in [0.15, 0.2) is 0 Å². The Labute approximate surface area is 170 Å². The third-order valence-electron chi connectivity index (χ3n) is 5.79. The first-order valence-electron chi connectivity index (χ1n) is 9.90. The number of nitrogens with one attached hydrogen (secondary N) is 1. The summed E-state index contributed by atoms with van der Waals surface area (Å²) in [6.07, 6.45) is 2.86. The van der Waals surface area contributed by atoms with E-state index in [1.807, 2.05) is 0 Å². The minimum absolute atomic E-state index is 0.0484. The van der Waals surface area contributed by atoms with Gasteiger partial charge < -0.3 is 19.7 Å². The maximum Gasteiger partial charge on any atom is 0.233 e. The molecule has 1 N–H and O–H groups in total.